The van der Waals surface area contributed by atoms with Crippen molar-refractivity contribution < 1.29 is 8.42 Å². The lowest BCUT2D eigenvalue weighted by Gasteiger charge is -2.05. The molecule has 0 bridgehead atoms. The molecule has 1 N–H and O–H groups in total. The lowest BCUT2D eigenvalue weighted by atomic mass is 10.2. The fourth-order valence-corrected chi connectivity index (χ4v) is 2.78. The van der Waals surface area contributed by atoms with Gasteiger partial charge in [0.15, 0.2) is 0 Å². The Morgan fingerprint density at radius 1 is 1.19 bits per heavy atom. The molecule has 0 amide bonds. The quantitative estimate of drug-likeness (QED) is 0.773. The van der Waals surface area contributed by atoms with E-state index in [1.165, 1.54) is 12.8 Å². The van der Waals surface area contributed by atoms with Gasteiger partial charge in [0.05, 0.1) is 4.90 Å². The van der Waals surface area contributed by atoms with E-state index < -0.39 is 10.0 Å². The summed E-state index contributed by atoms with van der Waals surface area (Å²) in [5, 5.41) is 0. The second kappa shape index (κ2) is 4.97. The molecule has 0 unspecified atom stereocenters. The summed E-state index contributed by atoms with van der Waals surface area (Å²) in [6, 6.07) is 8.51. The van der Waals surface area contributed by atoms with Crippen molar-refractivity contribution in [2.24, 2.45) is 5.92 Å². The van der Waals surface area contributed by atoms with Gasteiger partial charge < -0.3 is 0 Å². The van der Waals surface area contributed by atoms with E-state index in [0.29, 0.717) is 11.4 Å². The SMILES string of the molecule is O=S(=O)(NCCCC1CC1)c1ccccc1. The molecule has 0 aliphatic heterocycles. The highest BCUT2D eigenvalue weighted by Gasteiger charge is 2.20. The van der Waals surface area contributed by atoms with Crippen LogP contribution >= 0.6 is 0 Å². The lowest BCUT2D eigenvalue weighted by Crippen LogP contribution is -2.24. The Bertz CT molecular complexity index is 424. The first-order valence-corrected chi connectivity index (χ1v) is 7.21. The molecule has 0 heterocycles. The van der Waals surface area contributed by atoms with Gasteiger partial charge >= 0.3 is 0 Å². The summed E-state index contributed by atoms with van der Waals surface area (Å²) in [6.45, 7) is 0.549. The van der Waals surface area contributed by atoms with E-state index in [1.54, 1.807) is 24.3 Å². The highest BCUT2D eigenvalue weighted by atomic mass is 32.2. The molecule has 0 aromatic heterocycles. The van der Waals surface area contributed by atoms with Crippen LogP contribution in [0.25, 0.3) is 0 Å². The van der Waals surface area contributed by atoms with E-state index in [2.05, 4.69) is 4.72 Å². The molecule has 16 heavy (non-hydrogen) atoms. The van der Waals surface area contributed by atoms with Crippen molar-refractivity contribution >= 4 is 10.0 Å². The van der Waals surface area contributed by atoms with Crippen LogP contribution in [-0.4, -0.2) is 15.0 Å². The molecule has 1 aromatic rings. The van der Waals surface area contributed by atoms with Gasteiger partial charge in [-0.15, -0.1) is 0 Å². The first kappa shape index (κ1) is 11.6. The minimum Gasteiger partial charge on any atom is -0.211 e. The van der Waals surface area contributed by atoms with Crippen LogP contribution in [0.4, 0.5) is 0 Å². The maximum atomic E-state index is 11.8. The average Bonchev–Trinajstić information content (AvgIpc) is 3.10. The molecule has 88 valence electrons. The minimum atomic E-state index is -3.29. The van der Waals surface area contributed by atoms with Gasteiger partial charge in [-0.05, 0) is 30.9 Å². The zero-order chi connectivity index (χ0) is 11.4. The summed E-state index contributed by atoms with van der Waals surface area (Å²) >= 11 is 0. The Kier molecular flexibility index (Phi) is 3.61. The molecule has 1 aliphatic carbocycles. The van der Waals surface area contributed by atoms with E-state index in [1.807, 2.05) is 6.07 Å². The normalized spacial score (nSPS) is 16.2. The van der Waals surface area contributed by atoms with Crippen LogP contribution in [0, 0.1) is 5.92 Å². The van der Waals surface area contributed by atoms with Gasteiger partial charge in [-0.2, -0.15) is 0 Å². The molecule has 0 saturated heterocycles. The standard InChI is InChI=1S/C12H17NO2S/c14-16(15,12-6-2-1-3-7-12)13-10-4-5-11-8-9-11/h1-3,6-7,11,13H,4-5,8-10H2. The van der Waals surface area contributed by atoms with Crippen LogP contribution in [0.5, 0.6) is 0 Å². The Morgan fingerprint density at radius 2 is 1.88 bits per heavy atom. The fraction of sp³-hybridized carbons (Fsp3) is 0.500. The third-order valence-corrected chi connectivity index (χ3v) is 4.31. The number of sulfonamides is 1. The maximum absolute atomic E-state index is 11.8. The van der Waals surface area contributed by atoms with Crippen molar-refractivity contribution in [1.82, 2.24) is 4.72 Å². The molecule has 1 saturated carbocycles. The highest BCUT2D eigenvalue weighted by Crippen LogP contribution is 2.33. The summed E-state index contributed by atoms with van der Waals surface area (Å²) in [4.78, 5) is 0.349. The number of nitrogens with one attached hydrogen (secondary N) is 1. The first-order chi connectivity index (χ1) is 7.68. The Morgan fingerprint density at radius 3 is 2.50 bits per heavy atom. The lowest BCUT2D eigenvalue weighted by molar-refractivity contribution is 0.572. The topological polar surface area (TPSA) is 46.2 Å². The van der Waals surface area contributed by atoms with Crippen molar-refractivity contribution in [3.8, 4) is 0 Å². The van der Waals surface area contributed by atoms with Crippen LogP contribution < -0.4 is 4.72 Å². The Hall–Kier alpha value is -0.870. The molecule has 3 nitrogen and oxygen atoms in total. The third kappa shape index (κ3) is 3.32. The van der Waals surface area contributed by atoms with E-state index >= 15 is 0 Å². The van der Waals surface area contributed by atoms with Crippen LogP contribution in [0.1, 0.15) is 25.7 Å². The number of rotatable bonds is 6. The molecule has 1 fully saturated rings. The first-order valence-electron chi connectivity index (χ1n) is 5.73. The molecular weight excluding hydrogens is 222 g/mol. The number of benzene rings is 1. The van der Waals surface area contributed by atoms with Crippen molar-refractivity contribution in [3.05, 3.63) is 30.3 Å². The Balaban J connectivity index is 1.82. The summed E-state index contributed by atoms with van der Waals surface area (Å²) in [7, 11) is -3.29. The second-order valence-electron chi connectivity index (χ2n) is 4.30. The molecular formula is C12H17NO2S. The molecule has 0 spiro atoms. The molecule has 0 radical (unpaired) electrons. The minimum absolute atomic E-state index is 0.349. The van der Waals surface area contributed by atoms with Gasteiger partial charge in [0.2, 0.25) is 10.0 Å². The van der Waals surface area contributed by atoms with Crippen molar-refractivity contribution in [3.63, 3.8) is 0 Å². The predicted octanol–water partition coefficient (Wildman–Crippen LogP) is 2.16. The number of hydrogen-bond donors (Lipinski definition) is 1. The van der Waals surface area contributed by atoms with Crippen LogP contribution in [0.3, 0.4) is 0 Å². The predicted molar refractivity (Wildman–Crippen MR) is 63.6 cm³/mol. The van der Waals surface area contributed by atoms with Gasteiger partial charge in [0.25, 0.3) is 0 Å². The van der Waals surface area contributed by atoms with Gasteiger partial charge in [-0.25, -0.2) is 13.1 Å². The summed E-state index contributed by atoms with van der Waals surface area (Å²) in [6.07, 6.45) is 4.74. The maximum Gasteiger partial charge on any atom is 0.240 e. The zero-order valence-electron chi connectivity index (χ0n) is 9.22. The van der Waals surface area contributed by atoms with Crippen LogP contribution in [-0.2, 0) is 10.0 Å². The van der Waals surface area contributed by atoms with E-state index in [-0.39, 0.29) is 0 Å². The number of hydrogen-bond acceptors (Lipinski definition) is 2. The van der Waals surface area contributed by atoms with Gasteiger partial charge in [-0.1, -0.05) is 31.0 Å². The highest BCUT2D eigenvalue weighted by molar-refractivity contribution is 7.89. The molecule has 4 heteroatoms. The van der Waals surface area contributed by atoms with Gasteiger partial charge in [-0.3, -0.25) is 0 Å². The van der Waals surface area contributed by atoms with E-state index in [9.17, 15) is 8.42 Å². The van der Waals surface area contributed by atoms with Crippen molar-refractivity contribution in [2.45, 2.75) is 30.6 Å². The monoisotopic (exact) mass is 239 g/mol. The van der Waals surface area contributed by atoms with Crippen LogP contribution in [0.2, 0.25) is 0 Å². The Labute approximate surface area is 96.9 Å². The smallest absolute Gasteiger partial charge is 0.211 e. The van der Waals surface area contributed by atoms with Crippen LogP contribution in [0.15, 0.2) is 35.2 Å². The zero-order valence-corrected chi connectivity index (χ0v) is 10.0. The molecule has 1 aliphatic rings. The summed E-state index contributed by atoms with van der Waals surface area (Å²) < 4.78 is 26.2. The van der Waals surface area contributed by atoms with E-state index in [0.717, 1.165) is 18.8 Å². The molecule has 1 aromatic carbocycles. The van der Waals surface area contributed by atoms with Gasteiger partial charge in [0.1, 0.15) is 0 Å². The summed E-state index contributed by atoms with van der Waals surface area (Å²) in [5.74, 6) is 0.862. The molecule has 0 atom stereocenters. The summed E-state index contributed by atoms with van der Waals surface area (Å²) in [5.41, 5.74) is 0. The fourth-order valence-electron chi connectivity index (χ4n) is 1.69. The average molecular weight is 239 g/mol. The molecule has 2 rings (SSSR count). The largest absolute Gasteiger partial charge is 0.240 e. The van der Waals surface area contributed by atoms with Crippen molar-refractivity contribution in [2.75, 3.05) is 6.54 Å². The second-order valence-corrected chi connectivity index (χ2v) is 6.06. The van der Waals surface area contributed by atoms with E-state index in [4.69, 9.17) is 0 Å². The van der Waals surface area contributed by atoms with Crippen molar-refractivity contribution in [1.29, 1.82) is 0 Å². The third-order valence-electron chi connectivity index (χ3n) is 2.83. The van der Waals surface area contributed by atoms with Gasteiger partial charge in [0, 0.05) is 6.54 Å².